The molecule has 3 aromatic rings. The van der Waals surface area contributed by atoms with Crippen LogP contribution >= 0.6 is 0 Å². The maximum absolute atomic E-state index is 12.1. The molecule has 25 heavy (non-hydrogen) atoms. The van der Waals surface area contributed by atoms with E-state index in [9.17, 15) is 4.79 Å². The molecule has 0 saturated heterocycles. The van der Waals surface area contributed by atoms with Crippen LogP contribution < -0.4 is 25.1 Å². The molecule has 7 heteroatoms. The first-order chi connectivity index (χ1) is 12.2. The fraction of sp³-hybridized carbons (Fsp3) is 0.222. The van der Waals surface area contributed by atoms with Crippen LogP contribution in [0.2, 0.25) is 0 Å². The zero-order valence-corrected chi connectivity index (χ0v) is 14.3. The molecule has 0 aliphatic carbocycles. The molecule has 0 fully saturated rings. The highest BCUT2D eigenvalue weighted by molar-refractivity contribution is 5.78. The van der Waals surface area contributed by atoms with Gasteiger partial charge in [0.05, 0.1) is 44.3 Å². The first-order valence-corrected chi connectivity index (χ1v) is 7.68. The number of aromatic amines is 1. The fourth-order valence-corrected chi connectivity index (χ4v) is 2.59. The molecule has 1 aromatic heterocycles. The number of H-pyrrole nitrogens is 1. The number of anilines is 1. The lowest BCUT2D eigenvalue weighted by Gasteiger charge is -2.15. The number of rotatable bonds is 6. The van der Waals surface area contributed by atoms with Crippen LogP contribution in [-0.4, -0.2) is 31.3 Å². The molecule has 0 atom stereocenters. The summed E-state index contributed by atoms with van der Waals surface area (Å²) in [7, 11) is 4.73. The van der Waals surface area contributed by atoms with Crippen LogP contribution in [0.5, 0.6) is 17.2 Å². The lowest BCUT2D eigenvalue weighted by Crippen LogP contribution is -2.13. The van der Waals surface area contributed by atoms with Crippen LogP contribution in [0.4, 0.5) is 5.95 Å². The third kappa shape index (κ3) is 3.35. The van der Waals surface area contributed by atoms with E-state index in [1.807, 2.05) is 6.07 Å². The standard InChI is InChI=1S/C18H19N3O4/c1-23-11-8-15(24-2)13(16(9-11)25-3)10-19-18-20-14-7-5-4-6-12(14)17(22)21-18/h4-9H,10H2,1-3H3,(H2,19,20,21,22). The van der Waals surface area contributed by atoms with Crippen LogP contribution in [0.3, 0.4) is 0 Å². The second kappa shape index (κ2) is 7.12. The molecule has 0 bridgehead atoms. The van der Waals surface area contributed by atoms with Crippen molar-refractivity contribution in [1.82, 2.24) is 9.97 Å². The van der Waals surface area contributed by atoms with Gasteiger partial charge in [-0.25, -0.2) is 4.98 Å². The normalized spacial score (nSPS) is 10.5. The minimum atomic E-state index is -0.193. The van der Waals surface area contributed by atoms with E-state index in [1.165, 1.54) is 0 Å². The number of aromatic nitrogens is 2. The first-order valence-electron chi connectivity index (χ1n) is 7.68. The molecular formula is C18H19N3O4. The molecule has 0 radical (unpaired) electrons. The Balaban J connectivity index is 1.92. The van der Waals surface area contributed by atoms with E-state index in [0.29, 0.717) is 40.6 Å². The van der Waals surface area contributed by atoms with Crippen molar-refractivity contribution < 1.29 is 14.2 Å². The van der Waals surface area contributed by atoms with Crippen LogP contribution in [0.1, 0.15) is 5.56 Å². The maximum Gasteiger partial charge on any atom is 0.260 e. The summed E-state index contributed by atoms with van der Waals surface area (Å²) in [5, 5.41) is 3.66. The number of benzene rings is 2. The van der Waals surface area contributed by atoms with Crippen LogP contribution in [0.25, 0.3) is 10.9 Å². The Morgan fingerprint density at radius 3 is 2.36 bits per heavy atom. The van der Waals surface area contributed by atoms with Gasteiger partial charge in [-0.2, -0.15) is 0 Å². The van der Waals surface area contributed by atoms with Gasteiger partial charge in [0.1, 0.15) is 17.2 Å². The van der Waals surface area contributed by atoms with Crippen molar-refractivity contribution in [2.45, 2.75) is 6.54 Å². The van der Waals surface area contributed by atoms with E-state index in [0.717, 1.165) is 5.56 Å². The number of para-hydroxylation sites is 1. The number of hydrogen-bond donors (Lipinski definition) is 2. The molecule has 2 aromatic carbocycles. The van der Waals surface area contributed by atoms with Crippen LogP contribution in [0.15, 0.2) is 41.2 Å². The molecule has 130 valence electrons. The van der Waals surface area contributed by atoms with Crippen molar-refractivity contribution in [3.8, 4) is 17.2 Å². The monoisotopic (exact) mass is 341 g/mol. The first kappa shape index (κ1) is 16.6. The van der Waals surface area contributed by atoms with Gasteiger partial charge in [0.2, 0.25) is 5.95 Å². The van der Waals surface area contributed by atoms with Gasteiger partial charge >= 0.3 is 0 Å². The summed E-state index contributed by atoms with van der Waals surface area (Å²) >= 11 is 0. The quantitative estimate of drug-likeness (QED) is 0.717. The minimum absolute atomic E-state index is 0.193. The molecule has 0 aliphatic heterocycles. The van der Waals surface area contributed by atoms with Crippen molar-refractivity contribution in [3.63, 3.8) is 0 Å². The number of nitrogens with one attached hydrogen (secondary N) is 2. The number of hydrogen-bond acceptors (Lipinski definition) is 6. The van der Waals surface area contributed by atoms with Crippen molar-refractivity contribution >= 4 is 16.9 Å². The van der Waals surface area contributed by atoms with Gasteiger partial charge in [0, 0.05) is 12.1 Å². The van der Waals surface area contributed by atoms with E-state index < -0.39 is 0 Å². The van der Waals surface area contributed by atoms with E-state index in [4.69, 9.17) is 14.2 Å². The predicted molar refractivity (Wildman–Crippen MR) is 95.8 cm³/mol. The average molecular weight is 341 g/mol. The van der Waals surface area contributed by atoms with Crippen molar-refractivity contribution in [2.75, 3.05) is 26.6 Å². The molecule has 0 spiro atoms. The Morgan fingerprint density at radius 2 is 1.72 bits per heavy atom. The Labute approximate surface area is 144 Å². The van der Waals surface area contributed by atoms with E-state index in [-0.39, 0.29) is 5.56 Å². The van der Waals surface area contributed by atoms with E-state index in [2.05, 4.69) is 15.3 Å². The summed E-state index contributed by atoms with van der Waals surface area (Å²) in [4.78, 5) is 19.3. The third-order valence-corrected chi connectivity index (χ3v) is 3.86. The Kier molecular flexibility index (Phi) is 4.74. The summed E-state index contributed by atoms with van der Waals surface area (Å²) in [6.07, 6.45) is 0. The van der Waals surface area contributed by atoms with Gasteiger partial charge in [-0.3, -0.25) is 9.78 Å². The number of fused-ring (bicyclic) bond motifs is 1. The summed E-state index contributed by atoms with van der Waals surface area (Å²) < 4.78 is 16.1. The molecule has 7 nitrogen and oxygen atoms in total. The van der Waals surface area contributed by atoms with Crippen LogP contribution in [0, 0.1) is 0 Å². The SMILES string of the molecule is COc1cc(OC)c(CNc2nc3ccccc3c(=O)[nH]2)c(OC)c1. The van der Waals surface area contributed by atoms with Crippen molar-refractivity contribution in [2.24, 2.45) is 0 Å². The van der Waals surface area contributed by atoms with E-state index in [1.54, 1.807) is 51.7 Å². The smallest absolute Gasteiger partial charge is 0.260 e. The van der Waals surface area contributed by atoms with Gasteiger partial charge in [-0.15, -0.1) is 0 Å². The topological polar surface area (TPSA) is 85.5 Å². The summed E-state index contributed by atoms with van der Waals surface area (Å²) in [5.74, 6) is 2.25. The highest BCUT2D eigenvalue weighted by atomic mass is 16.5. The molecule has 1 heterocycles. The Hall–Kier alpha value is -3.22. The fourth-order valence-electron chi connectivity index (χ4n) is 2.59. The lowest BCUT2D eigenvalue weighted by molar-refractivity contribution is 0.369. The maximum atomic E-state index is 12.1. The third-order valence-electron chi connectivity index (χ3n) is 3.86. The van der Waals surface area contributed by atoms with E-state index >= 15 is 0 Å². The van der Waals surface area contributed by atoms with Gasteiger partial charge in [0.25, 0.3) is 5.56 Å². The minimum Gasteiger partial charge on any atom is -0.496 e. The largest absolute Gasteiger partial charge is 0.496 e. The zero-order chi connectivity index (χ0) is 17.8. The van der Waals surface area contributed by atoms with Crippen molar-refractivity contribution in [3.05, 3.63) is 52.3 Å². The molecule has 0 unspecified atom stereocenters. The number of methoxy groups -OCH3 is 3. The lowest BCUT2D eigenvalue weighted by atomic mass is 10.1. The average Bonchev–Trinajstić information content (AvgIpc) is 2.65. The van der Waals surface area contributed by atoms with Crippen LogP contribution in [-0.2, 0) is 6.54 Å². The summed E-state index contributed by atoms with van der Waals surface area (Å²) in [6.45, 7) is 0.359. The number of nitrogens with zero attached hydrogens (tertiary/aromatic N) is 1. The second-order valence-electron chi connectivity index (χ2n) is 5.30. The van der Waals surface area contributed by atoms with Crippen molar-refractivity contribution in [1.29, 1.82) is 0 Å². The predicted octanol–water partition coefficient (Wildman–Crippen LogP) is 2.56. The van der Waals surface area contributed by atoms with Gasteiger partial charge in [-0.1, -0.05) is 12.1 Å². The molecule has 0 aliphatic rings. The molecular weight excluding hydrogens is 322 g/mol. The molecule has 0 amide bonds. The van der Waals surface area contributed by atoms with Gasteiger partial charge in [0.15, 0.2) is 0 Å². The summed E-state index contributed by atoms with van der Waals surface area (Å²) in [5.41, 5.74) is 1.23. The second-order valence-corrected chi connectivity index (χ2v) is 5.30. The molecule has 2 N–H and O–H groups in total. The van der Waals surface area contributed by atoms with Gasteiger partial charge in [-0.05, 0) is 12.1 Å². The Bertz CT molecular complexity index is 927. The highest BCUT2D eigenvalue weighted by Crippen LogP contribution is 2.34. The summed E-state index contributed by atoms with van der Waals surface area (Å²) in [6, 6.07) is 10.7. The van der Waals surface area contributed by atoms with Gasteiger partial charge < -0.3 is 19.5 Å². The Morgan fingerprint density at radius 1 is 1.04 bits per heavy atom. The number of ether oxygens (including phenoxy) is 3. The zero-order valence-electron chi connectivity index (χ0n) is 14.3. The molecule has 3 rings (SSSR count). The molecule has 0 saturated carbocycles. The highest BCUT2D eigenvalue weighted by Gasteiger charge is 2.14.